The summed E-state index contributed by atoms with van der Waals surface area (Å²) in [6, 6.07) is 9.03. The Morgan fingerprint density at radius 1 is 1.31 bits per heavy atom. The molecule has 1 aromatic heterocycles. The fourth-order valence-corrected chi connectivity index (χ4v) is 4.00. The molecule has 166 valence electrons. The number of benzene rings is 1. The van der Waals surface area contributed by atoms with E-state index in [4.69, 9.17) is 20.4 Å². The van der Waals surface area contributed by atoms with E-state index in [2.05, 4.69) is 11.1 Å². The highest BCUT2D eigenvalue weighted by atomic mass is 16.5. The standard InChI is InChI=1S/C22H22N4O3.CH2O2/c1-29-22(28)15-7-5-13(6-8-15)19-16(11-23)20(24)25-18-9-10-26(12-17(18)19)21(27)14-3-2-4-14;2-1-3/h5-8,14H,2-4,9-10,12H2,1H3,(H2,24,25);1H,(H,2,3). The van der Waals surface area contributed by atoms with Crippen LogP contribution in [0.1, 0.15) is 46.4 Å². The second kappa shape index (κ2) is 9.92. The number of pyridine rings is 1. The average Bonchev–Trinajstić information content (AvgIpc) is 2.76. The zero-order chi connectivity index (χ0) is 23.3. The van der Waals surface area contributed by atoms with Crippen LogP contribution in [-0.2, 0) is 27.3 Å². The number of anilines is 1. The molecule has 1 aliphatic carbocycles. The highest BCUT2D eigenvalue weighted by Crippen LogP contribution is 2.37. The van der Waals surface area contributed by atoms with Crippen molar-refractivity contribution in [2.45, 2.75) is 32.2 Å². The molecule has 4 rings (SSSR count). The highest BCUT2D eigenvalue weighted by Gasteiger charge is 2.33. The molecule has 32 heavy (non-hydrogen) atoms. The number of rotatable bonds is 3. The summed E-state index contributed by atoms with van der Waals surface area (Å²) in [7, 11) is 1.33. The van der Waals surface area contributed by atoms with Crippen LogP contribution in [0.2, 0.25) is 0 Å². The molecule has 1 aliphatic heterocycles. The van der Waals surface area contributed by atoms with Crippen LogP contribution in [0.5, 0.6) is 0 Å². The number of nitrogens with zero attached hydrogens (tertiary/aromatic N) is 3. The molecule has 9 heteroatoms. The van der Waals surface area contributed by atoms with E-state index in [1.165, 1.54) is 7.11 Å². The summed E-state index contributed by atoms with van der Waals surface area (Å²) >= 11 is 0. The highest BCUT2D eigenvalue weighted by molar-refractivity contribution is 5.90. The van der Waals surface area contributed by atoms with Crippen LogP contribution in [0.4, 0.5) is 5.82 Å². The summed E-state index contributed by atoms with van der Waals surface area (Å²) in [6.45, 7) is 0.780. The number of carbonyl (C=O) groups is 3. The van der Waals surface area contributed by atoms with Crippen LogP contribution in [0.15, 0.2) is 24.3 Å². The molecule has 1 fully saturated rings. The van der Waals surface area contributed by atoms with Crippen molar-refractivity contribution in [1.29, 1.82) is 5.26 Å². The number of carboxylic acid groups (broad SMARTS) is 1. The van der Waals surface area contributed by atoms with Gasteiger partial charge in [0, 0.05) is 36.6 Å². The number of hydrogen-bond acceptors (Lipinski definition) is 7. The van der Waals surface area contributed by atoms with Gasteiger partial charge in [0.05, 0.1) is 18.4 Å². The maximum Gasteiger partial charge on any atom is 0.337 e. The fraction of sp³-hybridized carbons (Fsp3) is 0.348. The molecule has 0 saturated heterocycles. The SMILES string of the molecule is COC(=O)c1ccc(-c2c(C#N)c(N)nc3c2CN(C(=O)C2CCC2)CC3)cc1.O=CO. The molecular weight excluding hydrogens is 412 g/mol. The normalized spacial score (nSPS) is 14.7. The van der Waals surface area contributed by atoms with Gasteiger partial charge in [-0.25, -0.2) is 9.78 Å². The molecule has 2 aliphatic rings. The topological polar surface area (TPSA) is 147 Å². The predicted octanol–water partition coefficient (Wildman–Crippen LogP) is 2.37. The third-order valence-corrected chi connectivity index (χ3v) is 5.85. The molecule has 2 heterocycles. The van der Waals surface area contributed by atoms with Crippen molar-refractivity contribution in [3.8, 4) is 17.2 Å². The van der Waals surface area contributed by atoms with E-state index in [-0.39, 0.29) is 24.1 Å². The van der Waals surface area contributed by atoms with Gasteiger partial charge in [-0.05, 0) is 30.5 Å². The lowest BCUT2D eigenvalue weighted by Crippen LogP contribution is -2.42. The van der Waals surface area contributed by atoms with Crippen molar-refractivity contribution in [3.05, 3.63) is 46.6 Å². The van der Waals surface area contributed by atoms with Crippen LogP contribution in [0, 0.1) is 17.2 Å². The Balaban J connectivity index is 0.000000913. The monoisotopic (exact) mass is 436 g/mol. The first-order chi connectivity index (χ1) is 15.4. The molecule has 2 aromatic rings. The van der Waals surface area contributed by atoms with Crippen molar-refractivity contribution in [1.82, 2.24) is 9.88 Å². The molecule has 0 bridgehead atoms. The van der Waals surface area contributed by atoms with Crippen molar-refractivity contribution >= 4 is 24.2 Å². The van der Waals surface area contributed by atoms with Gasteiger partial charge < -0.3 is 20.5 Å². The quantitative estimate of drug-likeness (QED) is 0.551. The maximum atomic E-state index is 12.8. The van der Waals surface area contributed by atoms with Gasteiger partial charge in [-0.3, -0.25) is 9.59 Å². The largest absolute Gasteiger partial charge is 0.483 e. The summed E-state index contributed by atoms with van der Waals surface area (Å²) in [5.74, 6) is 0.0726. The molecule has 0 unspecified atom stereocenters. The minimum Gasteiger partial charge on any atom is -0.483 e. The van der Waals surface area contributed by atoms with E-state index in [1.807, 2.05) is 4.90 Å². The first-order valence-corrected chi connectivity index (χ1v) is 10.2. The number of carbonyl (C=O) groups excluding carboxylic acids is 2. The third-order valence-electron chi connectivity index (χ3n) is 5.85. The Bertz CT molecular complexity index is 1070. The van der Waals surface area contributed by atoms with Gasteiger partial charge in [0.2, 0.25) is 5.91 Å². The summed E-state index contributed by atoms with van der Waals surface area (Å²) in [5, 5.41) is 16.6. The number of hydrogen-bond donors (Lipinski definition) is 2. The van der Waals surface area contributed by atoms with E-state index < -0.39 is 5.97 Å². The third kappa shape index (κ3) is 4.39. The van der Waals surface area contributed by atoms with E-state index >= 15 is 0 Å². The summed E-state index contributed by atoms with van der Waals surface area (Å²) in [6.07, 6.45) is 3.62. The van der Waals surface area contributed by atoms with Crippen LogP contribution in [-0.4, -0.2) is 47.0 Å². The fourth-order valence-electron chi connectivity index (χ4n) is 4.00. The molecule has 1 aromatic carbocycles. The second-order valence-electron chi connectivity index (χ2n) is 7.60. The zero-order valence-electron chi connectivity index (χ0n) is 17.7. The summed E-state index contributed by atoms with van der Waals surface area (Å²) in [4.78, 5) is 39.2. The second-order valence-corrected chi connectivity index (χ2v) is 7.60. The van der Waals surface area contributed by atoms with Gasteiger partial charge >= 0.3 is 5.97 Å². The zero-order valence-corrected chi connectivity index (χ0v) is 17.7. The van der Waals surface area contributed by atoms with E-state index in [9.17, 15) is 14.9 Å². The molecule has 1 saturated carbocycles. The number of aromatic nitrogens is 1. The first kappa shape index (κ1) is 22.7. The van der Waals surface area contributed by atoms with Crippen molar-refractivity contribution in [2.24, 2.45) is 5.92 Å². The predicted molar refractivity (Wildman–Crippen MR) is 115 cm³/mol. The Labute approximate surface area is 185 Å². The Kier molecular flexibility index (Phi) is 7.05. The number of nitrogen functional groups attached to an aromatic ring is 1. The number of amides is 1. The van der Waals surface area contributed by atoms with Crippen LogP contribution in [0.25, 0.3) is 11.1 Å². The van der Waals surface area contributed by atoms with Crippen LogP contribution < -0.4 is 5.73 Å². The van der Waals surface area contributed by atoms with E-state index in [0.29, 0.717) is 36.2 Å². The van der Waals surface area contributed by atoms with Crippen molar-refractivity contribution in [3.63, 3.8) is 0 Å². The number of methoxy groups -OCH3 is 1. The number of nitrogens with two attached hydrogens (primary N) is 1. The van der Waals surface area contributed by atoms with Crippen molar-refractivity contribution < 1.29 is 24.2 Å². The van der Waals surface area contributed by atoms with Crippen molar-refractivity contribution in [2.75, 3.05) is 19.4 Å². The number of nitriles is 1. The smallest absolute Gasteiger partial charge is 0.337 e. The van der Waals surface area contributed by atoms with Gasteiger partial charge in [0.1, 0.15) is 17.5 Å². The molecular formula is C23H24N4O5. The van der Waals surface area contributed by atoms with E-state index in [1.54, 1.807) is 24.3 Å². The molecule has 0 atom stereocenters. The van der Waals surface area contributed by atoms with Crippen LogP contribution >= 0.6 is 0 Å². The van der Waals surface area contributed by atoms with Gasteiger partial charge in [-0.15, -0.1) is 0 Å². The lowest BCUT2D eigenvalue weighted by molar-refractivity contribution is -0.139. The van der Waals surface area contributed by atoms with Gasteiger partial charge in [-0.1, -0.05) is 18.6 Å². The molecule has 1 amide bonds. The average molecular weight is 436 g/mol. The Hall–Kier alpha value is -3.93. The Morgan fingerprint density at radius 3 is 2.50 bits per heavy atom. The minimum absolute atomic E-state index is 0.122. The van der Waals surface area contributed by atoms with Gasteiger partial charge in [-0.2, -0.15) is 5.26 Å². The number of ether oxygens (including phenoxy) is 1. The summed E-state index contributed by atoms with van der Waals surface area (Å²) < 4.78 is 4.75. The number of fused-ring (bicyclic) bond motifs is 1. The lowest BCUT2D eigenvalue weighted by Gasteiger charge is -2.35. The van der Waals surface area contributed by atoms with Gasteiger partial charge in [0.25, 0.3) is 6.47 Å². The molecule has 0 spiro atoms. The molecule has 3 N–H and O–H groups in total. The molecule has 9 nitrogen and oxygen atoms in total. The molecule has 0 radical (unpaired) electrons. The minimum atomic E-state index is -0.425. The maximum absolute atomic E-state index is 12.8. The van der Waals surface area contributed by atoms with Gasteiger partial charge in [0.15, 0.2) is 0 Å². The summed E-state index contributed by atoms with van der Waals surface area (Å²) in [5.41, 5.74) is 9.94. The lowest BCUT2D eigenvalue weighted by atomic mass is 9.83. The van der Waals surface area contributed by atoms with Crippen LogP contribution in [0.3, 0.4) is 0 Å². The number of esters is 1. The first-order valence-electron chi connectivity index (χ1n) is 10.2. The van der Waals surface area contributed by atoms with E-state index in [0.717, 1.165) is 36.1 Å². The Morgan fingerprint density at radius 2 is 1.97 bits per heavy atom.